The number of benzene rings is 2. The van der Waals surface area contributed by atoms with Crippen LogP contribution < -0.4 is 21.7 Å². The lowest BCUT2D eigenvalue weighted by Gasteiger charge is -2.30. The van der Waals surface area contributed by atoms with Gasteiger partial charge in [-0.2, -0.15) is 0 Å². The van der Waals surface area contributed by atoms with E-state index in [2.05, 4.69) is 70.0 Å². The molecule has 5 N–H and O–H groups in total. The first-order valence-corrected chi connectivity index (χ1v) is 14.0. The predicted molar refractivity (Wildman–Crippen MR) is 181 cm³/mol. The van der Waals surface area contributed by atoms with Crippen molar-refractivity contribution in [3.63, 3.8) is 0 Å². The first-order chi connectivity index (χ1) is 18.0. The number of nitrogens with two attached hydrogens (primary N) is 1. The zero-order chi connectivity index (χ0) is 25.4. The van der Waals surface area contributed by atoms with E-state index in [-0.39, 0.29) is 28.7 Å². The van der Waals surface area contributed by atoms with Gasteiger partial charge in [0.1, 0.15) is 21.7 Å². The molecule has 2 aromatic heterocycles. The van der Waals surface area contributed by atoms with Gasteiger partial charge in [0, 0.05) is 37.4 Å². The van der Waals surface area contributed by atoms with Gasteiger partial charge >= 0.3 is 0 Å². The molecule has 40 heavy (non-hydrogen) atoms. The van der Waals surface area contributed by atoms with Gasteiger partial charge in [0.05, 0.1) is 33.9 Å². The number of fused-ring (bicyclic) bond motifs is 4. The number of aliphatic imine (C=N–C) groups is 2. The Morgan fingerprint density at radius 3 is 1.88 bits per heavy atom. The van der Waals surface area contributed by atoms with E-state index in [9.17, 15) is 0 Å². The van der Waals surface area contributed by atoms with Crippen LogP contribution in [0, 0.1) is 13.8 Å². The molecule has 3 aliphatic heterocycles. The molecule has 214 valence electrons. The van der Waals surface area contributed by atoms with Gasteiger partial charge in [0.2, 0.25) is 0 Å². The molecule has 2 aromatic carbocycles. The van der Waals surface area contributed by atoms with Crippen molar-refractivity contribution in [2.75, 3.05) is 36.8 Å². The van der Waals surface area contributed by atoms with E-state index < -0.39 is 0 Å². The summed E-state index contributed by atoms with van der Waals surface area (Å²) in [7, 11) is 0. The number of halogens is 1. The van der Waals surface area contributed by atoms with Crippen LogP contribution in [0.3, 0.4) is 0 Å². The predicted octanol–water partition coefficient (Wildman–Crippen LogP) is 8.19. The molecule has 7 rings (SSSR count). The topological polar surface area (TPSA) is 90.1 Å². The molecule has 3 aliphatic rings. The Labute approximate surface area is 253 Å². The summed E-state index contributed by atoms with van der Waals surface area (Å²) in [6.45, 7) is 8.28. The van der Waals surface area contributed by atoms with Gasteiger partial charge in [0.25, 0.3) is 0 Å². The molecule has 7 nitrogen and oxygen atoms in total. The number of hydrogen-bond acceptors (Lipinski definition) is 9. The van der Waals surface area contributed by atoms with Crippen molar-refractivity contribution >= 4 is 79.5 Å². The smallest absolute Gasteiger partial charge is 0.139 e. The summed E-state index contributed by atoms with van der Waals surface area (Å²) >= 11 is 3.50. The molecule has 0 atom stereocenters. The fourth-order valence-corrected chi connectivity index (χ4v) is 6.50. The number of piperazine rings is 1. The van der Waals surface area contributed by atoms with Gasteiger partial charge in [-0.3, -0.25) is 0 Å². The summed E-state index contributed by atoms with van der Waals surface area (Å²) in [5, 5.41) is 12.6. The Balaban J connectivity index is 0.000000269. The van der Waals surface area contributed by atoms with Crippen molar-refractivity contribution in [3.05, 3.63) is 81.5 Å². The van der Waals surface area contributed by atoms with Crippen LogP contribution in [-0.4, -0.2) is 42.8 Å². The number of aryl methyl sites for hydroxylation is 2. The van der Waals surface area contributed by atoms with Crippen molar-refractivity contribution < 1.29 is 1.43 Å². The lowest BCUT2D eigenvalue weighted by Crippen LogP contribution is -2.46. The second-order valence-electron chi connectivity index (χ2n) is 9.15. The molecule has 0 spiro atoms. The van der Waals surface area contributed by atoms with Crippen LogP contribution in [0.15, 0.2) is 70.6 Å². The van der Waals surface area contributed by atoms with E-state index in [1.165, 1.54) is 20.3 Å². The zero-order valence-corrected chi connectivity index (χ0v) is 23.7. The second kappa shape index (κ2) is 13.3. The van der Waals surface area contributed by atoms with Gasteiger partial charge in [-0.15, -0.1) is 35.1 Å². The Hall–Kier alpha value is -3.37. The van der Waals surface area contributed by atoms with E-state index in [0.717, 1.165) is 65.3 Å². The van der Waals surface area contributed by atoms with Crippen molar-refractivity contribution in [2.45, 2.75) is 28.7 Å². The fraction of sp³-hybridized carbons (Fsp3) is 0.267. The number of anilines is 4. The van der Waals surface area contributed by atoms with Crippen LogP contribution in [0.4, 0.5) is 32.8 Å². The number of nitrogens with one attached hydrogen (secondary N) is 3. The standard InChI is InChI=1S/C16H18N4S.C12H11N3S.2CH4.ClH.H2/c1-11-10-12-15(20-8-6-17-7-9-20)18-13-4-2-3-5-14(13)19-16(12)21-11;1-7-6-8-11(13)14-9-4-2-3-5-10(9)15-12(8)16-7;;;;/h2-5,10,17,19H,6-9H2,1H3;2-6,15H,1H3,(H2,13,14);2*1H4;2*1H/i;;;;;1+1. The quantitative estimate of drug-likeness (QED) is 0.164. The monoisotopic (exact) mass is 598 g/mol. The molecule has 0 unspecified atom stereocenters. The average Bonchev–Trinajstić information content (AvgIpc) is 3.38. The minimum atomic E-state index is 0. The van der Waals surface area contributed by atoms with Crippen LogP contribution in [0.5, 0.6) is 0 Å². The number of hydrogen-bond donors (Lipinski definition) is 4. The normalized spacial score (nSPS) is 14.4. The number of nitrogens with zero attached hydrogens (tertiary/aromatic N) is 3. The van der Waals surface area contributed by atoms with Crippen LogP contribution >= 0.6 is 35.1 Å². The summed E-state index contributed by atoms with van der Waals surface area (Å²) in [6.07, 6.45) is 0. The summed E-state index contributed by atoms with van der Waals surface area (Å²) in [6, 6.07) is 20.5. The Kier molecular flexibility index (Phi) is 10.4. The lowest BCUT2D eigenvalue weighted by atomic mass is 10.2. The van der Waals surface area contributed by atoms with Crippen molar-refractivity contribution in [1.82, 2.24) is 10.2 Å². The zero-order valence-electron chi connectivity index (χ0n) is 21.2. The van der Waals surface area contributed by atoms with Crippen molar-refractivity contribution in [3.8, 4) is 0 Å². The van der Waals surface area contributed by atoms with E-state index in [0.29, 0.717) is 5.84 Å². The molecule has 5 heterocycles. The summed E-state index contributed by atoms with van der Waals surface area (Å²) in [5.74, 6) is 1.69. The molecule has 1 fully saturated rings. The highest BCUT2D eigenvalue weighted by Crippen LogP contribution is 2.39. The van der Waals surface area contributed by atoms with Gasteiger partial charge in [0.15, 0.2) is 0 Å². The highest BCUT2D eigenvalue weighted by Gasteiger charge is 2.24. The number of thiophene rings is 2. The van der Waals surface area contributed by atoms with Crippen LogP contribution in [-0.2, 0) is 0 Å². The third-order valence-corrected chi connectivity index (χ3v) is 8.35. The molecule has 0 radical (unpaired) electrons. The first-order valence-electron chi connectivity index (χ1n) is 12.4. The molecular weight excluding hydrogens is 558 g/mol. The highest BCUT2D eigenvalue weighted by molar-refractivity contribution is 7.17. The second-order valence-corrected chi connectivity index (χ2v) is 11.7. The molecule has 0 aliphatic carbocycles. The van der Waals surface area contributed by atoms with Crippen molar-refractivity contribution in [1.29, 1.82) is 0 Å². The fourth-order valence-electron chi connectivity index (χ4n) is 4.65. The third kappa shape index (κ3) is 6.33. The molecule has 1 saturated heterocycles. The summed E-state index contributed by atoms with van der Waals surface area (Å²) in [5.41, 5.74) is 12.2. The maximum atomic E-state index is 5.99. The van der Waals surface area contributed by atoms with Gasteiger partial charge < -0.3 is 26.6 Å². The van der Waals surface area contributed by atoms with Crippen LogP contribution in [0.2, 0.25) is 0 Å². The Morgan fingerprint density at radius 1 is 0.775 bits per heavy atom. The Bertz CT molecular complexity index is 1520. The first kappa shape index (κ1) is 31.2. The van der Waals surface area contributed by atoms with Gasteiger partial charge in [-0.25, -0.2) is 9.98 Å². The van der Waals surface area contributed by atoms with E-state index >= 15 is 0 Å². The number of para-hydroxylation sites is 4. The van der Waals surface area contributed by atoms with Gasteiger partial charge in [-0.05, 0) is 50.2 Å². The number of rotatable bonds is 0. The van der Waals surface area contributed by atoms with Crippen LogP contribution in [0.25, 0.3) is 0 Å². The highest BCUT2D eigenvalue weighted by atomic mass is 35.5. The van der Waals surface area contributed by atoms with Gasteiger partial charge in [-0.1, -0.05) is 39.1 Å². The van der Waals surface area contributed by atoms with E-state index in [1.54, 1.807) is 22.7 Å². The minimum absolute atomic E-state index is 0. The summed E-state index contributed by atoms with van der Waals surface area (Å²) in [4.78, 5) is 14.3. The Morgan fingerprint density at radius 2 is 1.27 bits per heavy atom. The van der Waals surface area contributed by atoms with E-state index in [1.807, 2.05) is 30.3 Å². The molecule has 4 aromatic rings. The molecule has 0 bridgehead atoms. The average molecular weight is 599 g/mol. The maximum Gasteiger partial charge on any atom is 0.139 e. The molecule has 0 saturated carbocycles. The van der Waals surface area contributed by atoms with E-state index in [4.69, 9.17) is 10.7 Å². The largest absolute Gasteiger partial charge is 0.383 e. The molecular formula is C30H40ClN7S2. The number of amidine groups is 2. The van der Waals surface area contributed by atoms with Crippen LogP contribution in [0.1, 0.15) is 37.2 Å². The summed E-state index contributed by atoms with van der Waals surface area (Å²) < 4.78 is 0. The maximum absolute atomic E-state index is 5.99. The minimum Gasteiger partial charge on any atom is -0.383 e. The molecule has 10 heteroatoms. The lowest BCUT2D eigenvalue weighted by molar-refractivity contribution is 0.358. The van der Waals surface area contributed by atoms with Crippen molar-refractivity contribution in [2.24, 2.45) is 15.7 Å². The molecule has 0 amide bonds. The third-order valence-electron chi connectivity index (χ3n) is 6.42. The SMILES string of the molecule is C.C.Cc1cc2c(s1)Nc1ccccc1N=C2N.Cc1cc2c(s1)Nc1ccccc1N=C2N1CCNCC1.Cl.[2HH].